The van der Waals surface area contributed by atoms with Gasteiger partial charge in [0, 0.05) is 5.56 Å². The van der Waals surface area contributed by atoms with Crippen LogP contribution >= 0.6 is 0 Å². The van der Waals surface area contributed by atoms with Crippen molar-refractivity contribution in [1.29, 1.82) is 0 Å². The molecule has 4 heteroatoms. The molecule has 134 valence electrons. The number of fused-ring (bicyclic) bond motifs is 1. The van der Waals surface area contributed by atoms with Crippen LogP contribution in [0.25, 0.3) is 22.6 Å². The fourth-order valence-electron chi connectivity index (χ4n) is 3.65. The first kappa shape index (κ1) is 17.0. The largest absolute Gasteiger partial charge is 0.436 e. The molecule has 2 atom stereocenters. The minimum absolute atomic E-state index is 0.136. The third-order valence-corrected chi connectivity index (χ3v) is 5.36. The van der Waals surface area contributed by atoms with Gasteiger partial charge in [-0.15, -0.1) is 0 Å². The minimum atomic E-state index is 0.136. The van der Waals surface area contributed by atoms with E-state index >= 15 is 0 Å². The molecular weight excluding hydrogens is 322 g/mol. The first-order chi connectivity index (χ1) is 12.7. The van der Waals surface area contributed by atoms with Crippen LogP contribution in [0.15, 0.2) is 57.1 Å². The van der Waals surface area contributed by atoms with Crippen LogP contribution in [0.5, 0.6) is 0 Å². The molecule has 2 aromatic carbocycles. The predicted molar refractivity (Wildman–Crippen MR) is 104 cm³/mol. The van der Waals surface area contributed by atoms with Crippen LogP contribution in [-0.4, -0.2) is 11.5 Å². The third-order valence-electron chi connectivity index (χ3n) is 5.36. The van der Waals surface area contributed by atoms with Gasteiger partial charge in [-0.25, -0.2) is 4.98 Å². The van der Waals surface area contributed by atoms with Crippen molar-refractivity contribution in [3.63, 3.8) is 0 Å². The predicted octanol–water partition coefficient (Wildman–Crippen LogP) is 6.54. The number of hydrogen-bond acceptors (Lipinski definition) is 4. The molecule has 0 bridgehead atoms. The number of oxazole rings is 1. The van der Waals surface area contributed by atoms with Crippen molar-refractivity contribution >= 4 is 11.1 Å². The number of hydrogen-bond donors (Lipinski definition) is 0. The summed E-state index contributed by atoms with van der Waals surface area (Å²) in [4.78, 5) is 4.66. The van der Waals surface area contributed by atoms with E-state index in [2.05, 4.69) is 72.4 Å². The number of benzene rings is 2. The lowest BCUT2D eigenvalue weighted by molar-refractivity contribution is 0.350. The average molecular weight is 347 g/mol. The Kier molecular flexibility index (Phi) is 4.58. The Balaban J connectivity index is 1.67. The van der Waals surface area contributed by atoms with Crippen LogP contribution in [0, 0.1) is 5.92 Å². The van der Waals surface area contributed by atoms with Crippen molar-refractivity contribution in [3.8, 4) is 11.5 Å². The van der Waals surface area contributed by atoms with Gasteiger partial charge in [-0.3, -0.25) is 0 Å². The Labute approximate surface area is 154 Å². The van der Waals surface area contributed by atoms with Gasteiger partial charge >= 0.3 is 0 Å². The van der Waals surface area contributed by atoms with Crippen molar-refractivity contribution < 1.29 is 4.42 Å². The average Bonchev–Trinajstić information content (AvgIpc) is 3.11. The van der Waals surface area contributed by atoms with Gasteiger partial charge in [0.1, 0.15) is 5.52 Å². The van der Waals surface area contributed by atoms with Crippen LogP contribution in [0.2, 0.25) is 0 Å². The van der Waals surface area contributed by atoms with Crippen LogP contribution in [0.3, 0.4) is 0 Å². The SMILES string of the molecule is CCC1CCN=NC1c1ccc2nc(-c3ccc(C(C)C)cc3)oc2c1. The van der Waals surface area contributed by atoms with Gasteiger partial charge in [0.2, 0.25) is 5.89 Å². The molecule has 0 saturated heterocycles. The summed E-state index contributed by atoms with van der Waals surface area (Å²) in [7, 11) is 0. The van der Waals surface area contributed by atoms with E-state index < -0.39 is 0 Å². The van der Waals surface area contributed by atoms with Crippen molar-refractivity contribution in [3.05, 3.63) is 53.6 Å². The van der Waals surface area contributed by atoms with Crippen molar-refractivity contribution in [1.82, 2.24) is 4.98 Å². The van der Waals surface area contributed by atoms with Crippen molar-refractivity contribution in [2.45, 2.75) is 45.6 Å². The second-order valence-corrected chi connectivity index (χ2v) is 7.41. The molecule has 0 amide bonds. The van der Waals surface area contributed by atoms with E-state index in [-0.39, 0.29) is 6.04 Å². The molecular formula is C22H25N3O. The second-order valence-electron chi connectivity index (χ2n) is 7.41. The lowest BCUT2D eigenvalue weighted by atomic mass is 9.88. The first-order valence-electron chi connectivity index (χ1n) is 9.53. The van der Waals surface area contributed by atoms with E-state index in [1.165, 1.54) is 11.1 Å². The molecule has 0 fully saturated rings. The van der Waals surface area contributed by atoms with Crippen LogP contribution in [0.4, 0.5) is 0 Å². The van der Waals surface area contributed by atoms with Crippen LogP contribution in [0.1, 0.15) is 56.7 Å². The van der Waals surface area contributed by atoms with Gasteiger partial charge in [-0.05, 0) is 53.6 Å². The summed E-state index contributed by atoms with van der Waals surface area (Å²) in [5.41, 5.74) is 5.21. The Morgan fingerprint density at radius 2 is 1.92 bits per heavy atom. The summed E-state index contributed by atoms with van der Waals surface area (Å²) in [6.45, 7) is 7.46. The molecule has 4 nitrogen and oxygen atoms in total. The second kappa shape index (κ2) is 7.02. The fourth-order valence-corrected chi connectivity index (χ4v) is 3.65. The van der Waals surface area contributed by atoms with E-state index in [9.17, 15) is 0 Å². The summed E-state index contributed by atoms with van der Waals surface area (Å²) in [6.07, 6.45) is 2.22. The molecule has 4 rings (SSSR count). The van der Waals surface area contributed by atoms with Crippen molar-refractivity contribution in [2.24, 2.45) is 16.1 Å². The Bertz CT molecular complexity index is 924. The normalized spacial score (nSPS) is 20.2. The molecule has 0 spiro atoms. The summed E-state index contributed by atoms with van der Waals surface area (Å²) < 4.78 is 6.07. The maximum atomic E-state index is 6.07. The molecule has 2 heterocycles. The minimum Gasteiger partial charge on any atom is -0.436 e. The lowest BCUT2D eigenvalue weighted by Crippen LogP contribution is -2.15. The monoisotopic (exact) mass is 347 g/mol. The van der Waals surface area contributed by atoms with E-state index in [0.29, 0.717) is 17.7 Å². The van der Waals surface area contributed by atoms with Crippen LogP contribution in [-0.2, 0) is 0 Å². The highest BCUT2D eigenvalue weighted by Crippen LogP contribution is 2.36. The fraction of sp³-hybridized carbons (Fsp3) is 0.409. The number of nitrogens with zero attached hydrogens (tertiary/aromatic N) is 3. The molecule has 0 N–H and O–H groups in total. The van der Waals surface area contributed by atoms with Gasteiger partial charge < -0.3 is 4.42 Å². The van der Waals surface area contributed by atoms with Gasteiger partial charge in [-0.1, -0.05) is 45.4 Å². The van der Waals surface area contributed by atoms with Crippen LogP contribution < -0.4 is 0 Å². The molecule has 0 saturated carbocycles. The standard InChI is InChI=1S/C22H25N3O/c1-4-15-11-12-23-25-21(15)18-9-10-19-20(13-18)26-22(24-19)17-7-5-16(6-8-17)14(2)3/h5-10,13-15,21H,4,11-12H2,1-3H3. The zero-order valence-corrected chi connectivity index (χ0v) is 15.6. The summed E-state index contributed by atoms with van der Waals surface area (Å²) in [5.74, 6) is 1.74. The molecule has 1 aliphatic rings. The molecule has 3 aromatic rings. The Morgan fingerprint density at radius 3 is 2.65 bits per heavy atom. The van der Waals surface area contributed by atoms with Gasteiger partial charge in [0.25, 0.3) is 0 Å². The smallest absolute Gasteiger partial charge is 0.227 e. The maximum absolute atomic E-state index is 6.07. The molecule has 26 heavy (non-hydrogen) atoms. The summed E-state index contributed by atoms with van der Waals surface area (Å²) in [6, 6.07) is 14.9. The first-order valence-corrected chi connectivity index (χ1v) is 9.53. The molecule has 1 aliphatic heterocycles. The topological polar surface area (TPSA) is 50.8 Å². The molecule has 2 unspecified atom stereocenters. The molecule has 0 aliphatic carbocycles. The van der Waals surface area contributed by atoms with E-state index in [1.54, 1.807) is 0 Å². The van der Waals surface area contributed by atoms with E-state index in [0.717, 1.165) is 36.0 Å². The van der Waals surface area contributed by atoms with Crippen molar-refractivity contribution in [2.75, 3.05) is 6.54 Å². The summed E-state index contributed by atoms with van der Waals surface area (Å²) in [5, 5.41) is 8.78. The number of azo groups is 1. The quantitative estimate of drug-likeness (QED) is 0.538. The highest BCUT2D eigenvalue weighted by molar-refractivity contribution is 5.77. The van der Waals surface area contributed by atoms with E-state index in [1.807, 2.05) is 6.07 Å². The molecule has 1 aromatic heterocycles. The zero-order valence-electron chi connectivity index (χ0n) is 15.6. The zero-order chi connectivity index (χ0) is 18.1. The third kappa shape index (κ3) is 3.16. The molecule has 0 radical (unpaired) electrons. The van der Waals surface area contributed by atoms with Gasteiger partial charge in [-0.2, -0.15) is 10.2 Å². The Morgan fingerprint density at radius 1 is 1.12 bits per heavy atom. The highest BCUT2D eigenvalue weighted by atomic mass is 16.3. The number of aromatic nitrogens is 1. The Hall–Kier alpha value is -2.49. The van der Waals surface area contributed by atoms with Gasteiger partial charge in [0.15, 0.2) is 5.58 Å². The van der Waals surface area contributed by atoms with E-state index in [4.69, 9.17) is 4.42 Å². The number of rotatable bonds is 4. The summed E-state index contributed by atoms with van der Waals surface area (Å²) >= 11 is 0. The van der Waals surface area contributed by atoms with Gasteiger partial charge in [0.05, 0.1) is 12.6 Å². The lowest BCUT2D eigenvalue weighted by Gasteiger charge is -2.24. The maximum Gasteiger partial charge on any atom is 0.227 e. The highest BCUT2D eigenvalue weighted by Gasteiger charge is 2.25.